The zero-order valence-corrected chi connectivity index (χ0v) is 24.6. The van der Waals surface area contributed by atoms with Gasteiger partial charge in [0.1, 0.15) is 21.2 Å². The average molecular weight is 623 g/mol. The van der Waals surface area contributed by atoms with Crippen molar-refractivity contribution in [1.82, 2.24) is 4.90 Å². The van der Waals surface area contributed by atoms with E-state index in [9.17, 15) is 18.0 Å². The van der Waals surface area contributed by atoms with E-state index in [4.69, 9.17) is 32.7 Å². The van der Waals surface area contributed by atoms with Crippen LogP contribution in [-0.4, -0.2) is 52.5 Å². The van der Waals surface area contributed by atoms with Crippen molar-refractivity contribution in [2.45, 2.75) is 16.2 Å². The summed E-state index contributed by atoms with van der Waals surface area (Å²) in [5, 5.41) is 3.09. The molecular weight excluding hydrogens is 597 g/mol. The zero-order chi connectivity index (χ0) is 28.9. The van der Waals surface area contributed by atoms with Crippen molar-refractivity contribution >= 4 is 68.2 Å². The summed E-state index contributed by atoms with van der Waals surface area (Å²) in [5.74, 6) is -0.284. The molecule has 0 atom stereocenters. The van der Waals surface area contributed by atoms with Crippen molar-refractivity contribution in [3.05, 3.63) is 87.4 Å². The van der Waals surface area contributed by atoms with Crippen LogP contribution in [0, 0.1) is 0 Å². The third-order valence-corrected chi connectivity index (χ3v) is 9.15. The minimum absolute atomic E-state index is 0.0924. The molecule has 9 nitrogen and oxygen atoms in total. The normalized spacial score (nSPS) is 13.7. The Kier molecular flexibility index (Phi) is 9.64. The molecule has 40 heavy (non-hydrogen) atoms. The number of anilines is 2. The number of rotatable bonds is 12. The molecule has 1 aliphatic rings. The van der Waals surface area contributed by atoms with Gasteiger partial charge in [-0.1, -0.05) is 47.1 Å². The molecule has 0 bridgehead atoms. The van der Waals surface area contributed by atoms with E-state index in [0.29, 0.717) is 29.4 Å². The second-order valence-electron chi connectivity index (χ2n) is 8.45. The fraction of sp³-hybridized carbons (Fsp3) is 0.185. The number of nitrogens with one attached hydrogen (secondary N) is 2. The van der Waals surface area contributed by atoms with Crippen LogP contribution >= 0.6 is 35.0 Å². The molecule has 210 valence electrons. The number of benzene rings is 3. The van der Waals surface area contributed by atoms with E-state index in [0.717, 1.165) is 11.8 Å². The second kappa shape index (κ2) is 13.0. The van der Waals surface area contributed by atoms with Crippen LogP contribution in [0.5, 0.6) is 5.75 Å². The van der Waals surface area contributed by atoms with Gasteiger partial charge in [0.05, 0.1) is 17.2 Å². The number of carbonyl (C=O) groups excluding carboxylic acids is 2. The van der Waals surface area contributed by atoms with Crippen LogP contribution < -0.4 is 14.8 Å². The maximum absolute atomic E-state index is 13.4. The molecule has 1 heterocycles. The van der Waals surface area contributed by atoms with Crippen molar-refractivity contribution in [3.8, 4) is 5.75 Å². The van der Waals surface area contributed by atoms with Crippen molar-refractivity contribution < 1.29 is 27.5 Å². The molecule has 0 spiro atoms. The summed E-state index contributed by atoms with van der Waals surface area (Å²) in [5.41, 5.74) is 0.947. The van der Waals surface area contributed by atoms with E-state index in [-0.39, 0.29) is 37.8 Å². The fourth-order valence-corrected chi connectivity index (χ4v) is 6.61. The molecule has 0 aliphatic carbocycles. The number of nitrogens with zero attached hydrogens (tertiary/aromatic N) is 1. The van der Waals surface area contributed by atoms with Gasteiger partial charge < -0.3 is 14.8 Å². The molecule has 3 aromatic carbocycles. The van der Waals surface area contributed by atoms with E-state index in [1.54, 1.807) is 62.8 Å². The van der Waals surface area contributed by atoms with Gasteiger partial charge in [-0.2, -0.15) is 0 Å². The number of carbonyl (C=O) groups is 2. The Morgan fingerprint density at radius 3 is 2.35 bits per heavy atom. The van der Waals surface area contributed by atoms with E-state index >= 15 is 0 Å². The number of hydrogen-bond acceptors (Lipinski definition) is 8. The van der Waals surface area contributed by atoms with Crippen molar-refractivity contribution in [3.63, 3.8) is 0 Å². The Labute approximate surface area is 246 Å². The highest BCUT2D eigenvalue weighted by atomic mass is 35.5. The number of hydrogen-bond donors (Lipinski definition) is 2. The molecule has 4 rings (SSSR count). The molecule has 0 saturated heterocycles. The Hall–Kier alpha value is -3.22. The van der Waals surface area contributed by atoms with Gasteiger partial charge in [-0.05, 0) is 61.0 Å². The number of halogens is 2. The van der Waals surface area contributed by atoms with Gasteiger partial charge in [0.15, 0.2) is 0 Å². The molecule has 0 saturated carbocycles. The zero-order valence-electron chi connectivity index (χ0n) is 21.4. The average Bonchev–Trinajstić information content (AvgIpc) is 3.14. The number of methoxy groups -OCH3 is 2. The van der Waals surface area contributed by atoms with Crippen LogP contribution in [0.1, 0.15) is 6.42 Å². The van der Waals surface area contributed by atoms with E-state index in [2.05, 4.69) is 10.0 Å². The molecule has 0 unspecified atom stereocenters. The van der Waals surface area contributed by atoms with Crippen LogP contribution in [0.3, 0.4) is 0 Å². The van der Waals surface area contributed by atoms with Crippen LogP contribution in [-0.2, 0) is 24.3 Å². The molecule has 13 heteroatoms. The number of ether oxygens (including phenoxy) is 2. The van der Waals surface area contributed by atoms with Crippen LogP contribution in [0.2, 0.25) is 10.0 Å². The van der Waals surface area contributed by atoms with Gasteiger partial charge in [0.2, 0.25) is 0 Å². The maximum atomic E-state index is 13.4. The molecule has 2 amide bonds. The first kappa shape index (κ1) is 29.8. The van der Waals surface area contributed by atoms with E-state index < -0.39 is 21.8 Å². The van der Waals surface area contributed by atoms with Crippen LogP contribution in [0.4, 0.5) is 11.4 Å². The first-order chi connectivity index (χ1) is 19.1. The van der Waals surface area contributed by atoms with Gasteiger partial charge in [0, 0.05) is 36.5 Å². The summed E-state index contributed by atoms with van der Waals surface area (Å²) in [6, 6.07) is 17.7. The fourth-order valence-electron chi connectivity index (χ4n) is 3.79. The smallest absolute Gasteiger partial charge is 0.278 e. The predicted molar refractivity (Wildman–Crippen MR) is 156 cm³/mol. The van der Waals surface area contributed by atoms with Gasteiger partial charge in [0.25, 0.3) is 21.8 Å². The number of sulfonamides is 1. The highest BCUT2D eigenvalue weighted by Crippen LogP contribution is 2.37. The summed E-state index contributed by atoms with van der Waals surface area (Å²) in [7, 11) is -0.963. The largest absolute Gasteiger partial charge is 0.497 e. The minimum Gasteiger partial charge on any atom is -0.497 e. The number of thioether (sulfide) groups is 1. The lowest BCUT2D eigenvalue weighted by Crippen LogP contribution is -2.33. The SMILES string of the molecule is COCCCN1C(=O)C(Nc2ccc(OC)cc2)=C(Sc2cccc(NS(=O)(=O)c3cccc(Cl)c3Cl)c2)C1=O. The number of amides is 2. The Morgan fingerprint density at radius 1 is 0.925 bits per heavy atom. The van der Waals surface area contributed by atoms with Gasteiger partial charge in [-0.3, -0.25) is 19.2 Å². The highest BCUT2D eigenvalue weighted by molar-refractivity contribution is 8.04. The quantitative estimate of drug-likeness (QED) is 0.198. The molecule has 0 aromatic heterocycles. The standard InChI is InChI=1S/C27H25Cl2N3O6S2/c1-37-15-5-14-32-26(33)24(30-17-10-12-19(38-2)13-11-17)25(27(32)34)39-20-7-3-6-18(16-20)31-40(35,36)22-9-4-8-21(28)23(22)29/h3-4,6-13,16,30-31H,5,14-15H2,1-2H3. The minimum atomic E-state index is -4.06. The lowest BCUT2D eigenvalue weighted by atomic mass is 10.3. The first-order valence-electron chi connectivity index (χ1n) is 11.9. The Bertz CT molecular complexity index is 1560. The first-order valence-corrected chi connectivity index (χ1v) is 15.0. The highest BCUT2D eigenvalue weighted by Gasteiger charge is 2.39. The second-order valence-corrected chi connectivity index (χ2v) is 12.0. The third kappa shape index (κ3) is 6.73. The van der Waals surface area contributed by atoms with Gasteiger partial charge in [-0.25, -0.2) is 8.42 Å². The van der Waals surface area contributed by atoms with E-state index in [1.807, 2.05) is 0 Å². The lowest BCUT2D eigenvalue weighted by molar-refractivity contribution is -0.137. The van der Waals surface area contributed by atoms with Gasteiger partial charge >= 0.3 is 0 Å². The Balaban J connectivity index is 1.62. The molecular formula is C27H25Cl2N3O6S2. The summed E-state index contributed by atoms with van der Waals surface area (Å²) >= 11 is 13.2. The van der Waals surface area contributed by atoms with E-state index in [1.165, 1.54) is 23.1 Å². The summed E-state index contributed by atoms with van der Waals surface area (Å²) in [4.78, 5) is 28.4. The summed E-state index contributed by atoms with van der Waals surface area (Å²) in [6.45, 7) is 0.573. The number of imide groups is 1. The van der Waals surface area contributed by atoms with Crippen LogP contribution in [0.15, 0.2) is 87.1 Å². The van der Waals surface area contributed by atoms with Crippen LogP contribution in [0.25, 0.3) is 0 Å². The molecule has 1 aliphatic heterocycles. The Morgan fingerprint density at radius 2 is 1.65 bits per heavy atom. The predicted octanol–water partition coefficient (Wildman–Crippen LogP) is 5.62. The molecule has 2 N–H and O–H groups in total. The van der Waals surface area contributed by atoms with Crippen molar-refractivity contribution in [1.29, 1.82) is 0 Å². The molecule has 0 radical (unpaired) electrons. The summed E-state index contributed by atoms with van der Waals surface area (Å²) in [6.07, 6.45) is 0.477. The molecule has 0 fully saturated rings. The summed E-state index contributed by atoms with van der Waals surface area (Å²) < 4.78 is 38.7. The topological polar surface area (TPSA) is 114 Å². The molecule has 3 aromatic rings. The van der Waals surface area contributed by atoms with Crippen molar-refractivity contribution in [2.75, 3.05) is 37.4 Å². The maximum Gasteiger partial charge on any atom is 0.278 e. The third-order valence-electron chi connectivity index (χ3n) is 5.73. The van der Waals surface area contributed by atoms with Crippen molar-refractivity contribution in [2.24, 2.45) is 0 Å². The van der Waals surface area contributed by atoms with Gasteiger partial charge in [-0.15, -0.1) is 0 Å². The monoisotopic (exact) mass is 621 g/mol. The lowest BCUT2D eigenvalue weighted by Gasteiger charge is -2.15.